The maximum atomic E-state index is 13.2. The van der Waals surface area contributed by atoms with Gasteiger partial charge in [0.1, 0.15) is 18.3 Å². The molecule has 51 heavy (non-hydrogen) atoms. The van der Waals surface area contributed by atoms with Crippen molar-refractivity contribution in [3.05, 3.63) is 12.8 Å². The molecule has 0 aromatic heterocycles. The quantitative estimate of drug-likeness (QED) is 0.0298. The van der Waals surface area contributed by atoms with E-state index in [1.165, 1.54) is 20.2 Å². The highest BCUT2D eigenvalue weighted by atomic mass is 32.3. The van der Waals surface area contributed by atoms with Crippen molar-refractivity contribution >= 4 is 38.3 Å². The molecule has 0 radical (unpaired) electrons. The highest BCUT2D eigenvalue weighted by molar-refractivity contribution is 7.83. The van der Waals surface area contributed by atoms with Gasteiger partial charge in [-0.05, 0) is 25.5 Å². The van der Waals surface area contributed by atoms with Crippen molar-refractivity contribution in [2.24, 2.45) is 11.3 Å². The van der Waals surface area contributed by atoms with E-state index in [0.717, 1.165) is 0 Å². The van der Waals surface area contributed by atoms with Gasteiger partial charge in [0.15, 0.2) is 5.78 Å². The van der Waals surface area contributed by atoms with Crippen molar-refractivity contribution in [2.75, 3.05) is 40.1 Å². The van der Waals surface area contributed by atoms with Crippen molar-refractivity contribution in [3.8, 4) is 0 Å². The van der Waals surface area contributed by atoms with Crippen LogP contribution >= 0.6 is 0 Å². The van der Waals surface area contributed by atoms with Crippen LogP contribution in [0.15, 0.2) is 12.8 Å². The number of nitrogens with one attached hydrogen (secondary N) is 4. The molecule has 2 aliphatic rings. The number of ketones is 1. The fraction of sp³-hybridized carbons (Fsp3) is 0.821. The second kappa shape index (κ2) is 20.3. The van der Waals surface area contributed by atoms with Crippen LogP contribution in [0.4, 0.5) is 0 Å². The number of aliphatic hydroxyl groups excluding tert-OH is 3. The molecule has 0 saturated carbocycles. The minimum Gasteiger partial charge on any atom is -0.391 e. The lowest BCUT2D eigenvalue weighted by atomic mass is 9.73. The molecule has 0 spiro atoms. The average Bonchev–Trinajstić information content (AvgIpc) is 3.03. The summed E-state index contributed by atoms with van der Waals surface area (Å²) in [4.78, 5) is 36.9. The summed E-state index contributed by atoms with van der Waals surface area (Å²) in [5.74, 6) is -2.55. The molecule has 2 amide bonds. The zero-order valence-electron chi connectivity index (χ0n) is 28.5. The molecular formula is C28H50N4O17S2. The van der Waals surface area contributed by atoms with Crippen LogP contribution in [0.5, 0.6) is 0 Å². The van der Waals surface area contributed by atoms with Crippen LogP contribution in [-0.2, 0) is 58.2 Å². The number of hydrazine groups is 1. The van der Waals surface area contributed by atoms with E-state index in [0.29, 0.717) is 12.8 Å². The molecule has 10 unspecified atom stereocenters. The van der Waals surface area contributed by atoms with Crippen LogP contribution in [0.3, 0.4) is 0 Å². The molecule has 2 rings (SSSR count). The lowest BCUT2D eigenvalue weighted by molar-refractivity contribution is -0.233. The van der Waals surface area contributed by atoms with Crippen LogP contribution in [0.2, 0.25) is 0 Å². The van der Waals surface area contributed by atoms with Gasteiger partial charge in [-0.2, -0.15) is 21.6 Å². The second-order valence-electron chi connectivity index (χ2n) is 12.4. The molecule has 2 fully saturated rings. The minimum absolute atomic E-state index is 0.0561. The van der Waals surface area contributed by atoms with E-state index in [-0.39, 0.29) is 31.8 Å². The maximum absolute atomic E-state index is 13.2. The Kier molecular flexibility index (Phi) is 17.9. The van der Waals surface area contributed by atoms with Gasteiger partial charge in [0, 0.05) is 31.3 Å². The van der Waals surface area contributed by atoms with Crippen molar-refractivity contribution in [2.45, 2.75) is 94.7 Å². The van der Waals surface area contributed by atoms with Crippen molar-refractivity contribution in [3.63, 3.8) is 0 Å². The summed E-state index contributed by atoms with van der Waals surface area (Å²) >= 11 is 0. The molecule has 2 aliphatic heterocycles. The largest absolute Gasteiger partial charge is 0.397 e. The molecule has 2 heterocycles. The Balaban J connectivity index is 2.15. The summed E-state index contributed by atoms with van der Waals surface area (Å²) in [6.45, 7) is 3.65. The Bertz CT molecular complexity index is 1380. The number of rotatable bonds is 22. The van der Waals surface area contributed by atoms with Crippen LogP contribution < -0.4 is 20.9 Å². The number of aliphatic hydroxyl groups is 3. The van der Waals surface area contributed by atoms with E-state index in [1.54, 1.807) is 6.92 Å². The Labute approximate surface area is 296 Å². The molecule has 23 heteroatoms. The second-order valence-corrected chi connectivity index (χ2v) is 14.7. The molecule has 0 bridgehead atoms. The molecule has 0 aromatic rings. The summed E-state index contributed by atoms with van der Waals surface area (Å²) in [5.41, 5.74) is 3.28. The molecular weight excluding hydrogens is 728 g/mol. The van der Waals surface area contributed by atoms with Gasteiger partial charge in [-0.25, -0.2) is 9.61 Å². The van der Waals surface area contributed by atoms with Crippen molar-refractivity contribution in [1.29, 1.82) is 0 Å². The fourth-order valence-electron chi connectivity index (χ4n) is 5.91. The number of Topliss-reactive ketones (excluding diaryl/α,β-unsaturated/α-hetero) is 1. The van der Waals surface area contributed by atoms with E-state index in [2.05, 4.69) is 26.9 Å². The zero-order chi connectivity index (χ0) is 38.6. The smallest absolute Gasteiger partial charge is 0.391 e. The topological polar surface area (TPSA) is 315 Å². The lowest BCUT2D eigenvalue weighted by Crippen LogP contribution is -2.68. The molecule has 9 N–H and O–H groups in total. The zero-order valence-corrected chi connectivity index (χ0v) is 30.1. The third-order valence-corrected chi connectivity index (χ3v) is 9.61. The van der Waals surface area contributed by atoms with Crippen molar-refractivity contribution in [1.82, 2.24) is 20.9 Å². The fourth-order valence-corrected chi connectivity index (χ4v) is 6.83. The first-order valence-electron chi connectivity index (χ1n) is 16.0. The number of methoxy groups -OCH3 is 1. The summed E-state index contributed by atoms with van der Waals surface area (Å²) in [6.07, 6.45) is -7.34. The highest BCUT2D eigenvalue weighted by Crippen LogP contribution is 2.38. The summed E-state index contributed by atoms with van der Waals surface area (Å²) < 4.78 is 93.7. The number of carbonyl (C=O) groups excluding carboxylic acids is 3. The predicted molar refractivity (Wildman–Crippen MR) is 174 cm³/mol. The van der Waals surface area contributed by atoms with E-state index in [4.69, 9.17) is 23.5 Å². The molecule has 0 aromatic carbocycles. The number of amides is 2. The maximum Gasteiger partial charge on any atom is 0.397 e. The highest BCUT2D eigenvalue weighted by Gasteiger charge is 2.55. The Morgan fingerprint density at radius 1 is 0.941 bits per heavy atom. The SMILES string of the molecule is C=CNC(=O)CCCCC(=O)NNCC(=O)C1OC(CC)C(O)C(O)C1COCC1OC(COS(=O)(=O)O)C(C)(COC)C(O)C1NS(=O)(=O)O. The Morgan fingerprint density at radius 3 is 2.16 bits per heavy atom. The third-order valence-electron chi connectivity index (χ3n) is 8.60. The number of unbranched alkanes of at least 4 members (excludes halogenated alkanes) is 1. The Morgan fingerprint density at radius 2 is 1.59 bits per heavy atom. The molecule has 2 saturated heterocycles. The van der Waals surface area contributed by atoms with Crippen LogP contribution in [0.1, 0.15) is 46.0 Å². The van der Waals surface area contributed by atoms with Crippen LogP contribution in [-0.4, -0.2) is 148 Å². The summed E-state index contributed by atoms with van der Waals surface area (Å²) in [5, 5.41) is 35.3. The molecule has 21 nitrogen and oxygen atoms in total. The van der Waals surface area contributed by atoms with Gasteiger partial charge in [-0.1, -0.05) is 20.4 Å². The van der Waals surface area contributed by atoms with E-state index >= 15 is 0 Å². The van der Waals surface area contributed by atoms with Gasteiger partial charge in [0.05, 0.1) is 63.4 Å². The number of carbonyl (C=O) groups is 3. The molecule has 10 atom stereocenters. The summed E-state index contributed by atoms with van der Waals surface area (Å²) in [7, 11) is -8.71. The molecule has 0 aliphatic carbocycles. The van der Waals surface area contributed by atoms with Gasteiger partial charge in [0.25, 0.3) is 0 Å². The van der Waals surface area contributed by atoms with Crippen LogP contribution in [0, 0.1) is 11.3 Å². The van der Waals surface area contributed by atoms with Gasteiger partial charge in [0.2, 0.25) is 11.8 Å². The third kappa shape index (κ3) is 13.9. The number of hydrogen-bond acceptors (Lipinski definition) is 16. The monoisotopic (exact) mass is 778 g/mol. The first kappa shape index (κ1) is 44.9. The predicted octanol–water partition coefficient (Wildman–Crippen LogP) is -3.11. The summed E-state index contributed by atoms with van der Waals surface area (Å²) in [6, 6.07) is -1.63. The Hall–Kier alpha value is -2.23. The first-order valence-corrected chi connectivity index (χ1v) is 18.8. The van der Waals surface area contributed by atoms with Gasteiger partial charge >= 0.3 is 20.7 Å². The number of ether oxygens (including phenoxy) is 4. The van der Waals surface area contributed by atoms with E-state index in [1.807, 2.05) is 4.72 Å². The lowest BCUT2D eigenvalue weighted by Gasteiger charge is -2.50. The minimum atomic E-state index is -4.98. The first-order chi connectivity index (χ1) is 23.8. The van der Waals surface area contributed by atoms with Crippen molar-refractivity contribution < 1.29 is 78.8 Å². The van der Waals surface area contributed by atoms with Crippen LogP contribution in [0.25, 0.3) is 0 Å². The normalized spacial score (nSPS) is 31.5. The van der Waals surface area contributed by atoms with Gasteiger partial charge in [-0.15, -0.1) is 0 Å². The van der Waals surface area contributed by atoms with E-state index in [9.17, 15) is 51.1 Å². The van der Waals surface area contributed by atoms with Gasteiger partial charge in [-0.3, -0.25) is 28.9 Å². The standard InChI is InChI=1S/C28H50N4O17S2/c1-5-18-25(37)24(36)16(26(49-18)17(33)11-30-31-22(35)10-8-7-9-21(34)29-6-2)12-46-13-19-23(32-50(39,40)41)27(38)28(3,15-45-4)20(48-19)14-47-51(42,43)44/h6,16,18-20,23-27,30,32,36-38H,2,5,7-15H2,1,3-4H3,(H,29,34)(H,31,35)(H,39,40,41)(H,42,43,44). The van der Waals surface area contributed by atoms with Gasteiger partial charge < -0.3 is 39.6 Å². The number of hydrogen-bond donors (Lipinski definition) is 9. The average molecular weight is 779 g/mol. The molecule has 296 valence electrons. The van der Waals surface area contributed by atoms with E-state index < -0.39 is 119 Å².